The van der Waals surface area contributed by atoms with Crippen molar-refractivity contribution in [3.05, 3.63) is 69.9 Å². The number of carbonyl (C=O) groups is 1. The van der Waals surface area contributed by atoms with Crippen molar-refractivity contribution in [1.29, 1.82) is 0 Å². The van der Waals surface area contributed by atoms with E-state index in [1.54, 1.807) is 31.5 Å². The van der Waals surface area contributed by atoms with Crippen LogP contribution in [0.15, 0.2) is 48.4 Å². The minimum absolute atomic E-state index is 0.0603. The highest BCUT2D eigenvalue weighted by molar-refractivity contribution is 6.36. The number of ether oxygens (including phenoxy) is 1. The van der Waals surface area contributed by atoms with E-state index in [0.717, 1.165) is 29.5 Å². The number of likely N-dealkylation sites (tertiary alicyclic amines) is 1. The van der Waals surface area contributed by atoms with Crippen LogP contribution in [0, 0.1) is 5.82 Å². The van der Waals surface area contributed by atoms with E-state index in [-0.39, 0.29) is 22.8 Å². The number of halogens is 3. The van der Waals surface area contributed by atoms with Crippen LogP contribution in [0.25, 0.3) is 11.1 Å². The van der Waals surface area contributed by atoms with Crippen LogP contribution in [0.2, 0.25) is 10.0 Å². The lowest BCUT2D eigenvalue weighted by atomic mass is 10.0. The van der Waals surface area contributed by atoms with Gasteiger partial charge in [-0.2, -0.15) is 5.10 Å². The average Bonchev–Trinajstić information content (AvgIpc) is 3.33. The van der Waals surface area contributed by atoms with Crippen molar-refractivity contribution in [2.45, 2.75) is 45.8 Å². The van der Waals surface area contributed by atoms with E-state index in [4.69, 9.17) is 33.7 Å². The molecule has 3 aromatic rings. The molecule has 1 aliphatic heterocycles. The largest absolute Gasteiger partial charge is 0.482 e. The van der Waals surface area contributed by atoms with Gasteiger partial charge >= 0.3 is 0 Å². The zero-order valence-electron chi connectivity index (χ0n) is 20.3. The number of nitrogen functional groups attached to an aromatic ring is 1. The SMILES string of the molecule is CC(C)=CC(=O)N1CCC(n2cc(-c3cnc(N)c(OC(C)c4c(Cl)ccc(F)c4Cl)c3)cn2)CC1. The molecule has 0 spiro atoms. The van der Waals surface area contributed by atoms with Gasteiger partial charge in [0.2, 0.25) is 5.91 Å². The fourth-order valence-corrected chi connectivity index (χ4v) is 4.93. The Bertz CT molecular complexity index is 1300. The standard InChI is InChI=1S/C26H28Cl2FN5O2/c1-15(2)10-23(35)33-8-6-19(7-9-33)34-14-18(13-32-34)17-11-22(26(30)31-12-17)36-16(3)24-20(27)4-5-21(29)25(24)28/h4-5,10-14,16,19H,6-9H2,1-3H3,(H2,30,31). The van der Waals surface area contributed by atoms with Crippen molar-refractivity contribution in [3.63, 3.8) is 0 Å². The van der Waals surface area contributed by atoms with E-state index in [1.807, 2.05) is 29.6 Å². The summed E-state index contributed by atoms with van der Waals surface area (Å²) in [4.78, 5) is 18.4. The van der Waals surface area contributed by atoms with E-state index in [0.29, 0.717) is 29.4 Å². The van der Waals surface area contributed by atoms with E-state index in [9.17, 15) is 9.18 Å². The van der Waals surface area contributed by atoms with Crippen molar-refractivity contribution in [1.82, 2.24) is 19.7 Å². The number of nitrogens with zero attached hydrogens (tertiary/aromatic N) is 4. The second-order valence-electron chi connectivity index (χ2n) is 9.11. The van der Waals surface area contributed by atoms with E-state index in [2.05, 4.69) is 10.1 Å². The molecule has 0 radical (unpaired) electrons. The van der Waals surface area contributed by atoms with Gasteiger partial charge < -0.3 is 15.4 Å². The third-order valence-electron chi connectivity index (χ3n) is 6.17. The molecule has 2 aromatic heterocycles. The summed E-state index contributed by atoms with van der Waals surface area (Å²) in [5, 5.41) is 4.76. The molecule has 1 amide bonds. The van der Waals surface area contributed by atoms with E-state index < -0.39 is 11.9 Å². The van der Waals surface area contributed by atoms with Gasteiger partial charge in [0.1, 0.15) is 11.9 Å². The van der Waals surface area contributed by atoms with Crippen LogP contribution in [0.3, 0.4) is 0 Å². The Hall–Kier alpha value is -3.10. The number of carbonyl (C=O) groups excluding carboxylic acids is 1. The summed E-state index contributed by atoms with van der Waals surface area (Å²) in [7, 11) is 0. The minimum atomic E-state index is -0.665. The topological polar surface area (TPSA) is 86.3 Å². The number of anilines is 1. The quantitative estimate of drug-likeness (QED) is 0.300. The van der Waals surface area contributed by atoms with E-state index >= 15 is 0 Å². The first-order valence-corrected chi connectivity index (χ1v) is 12.4. The van der Waals surface area contributed by atoms with Crippen LogP contribution in [-0.4, -0.2) is 38.7 Å². The Morgan fingerprint density at radius 2 is 1.94 bits per heavy atom. The van der Waals surface area contributed by atoms with Gasteiger partial charge in [-0.3, -0.25) is 9.48 Å². The molecule has 1 aromatic carbocycles. The lowest BCUT2D eigenvalue weighted by Gasteiger charge is -2.31. The molecule has 1 aliphatic rings. The highest BCUT2D eigenvalue weighted by Crippen LogP contribution is 2.37. The molecule has 190 valence electrons. The van der Waals surface area contributed by atoms with Gasteiger partial charge in [-0.15, -0.1) is 0 Å². The van der Waals surface area contributed by atoms with Gasteiger partial charge in [0.05, 0.1) is 17.3 Å². The molecular formula is C26H28Cl2FN5O2. The second kappa shape index (κ2) is 10.9. The van der Waals surface area contributed by atoms with Crippen molar-refractivity contribution in [3.8, 4) is 16.9 Å². The van der Waals surface area contributed by atoms with Crippen LogP contribution in [0.4, 0.5) is 10.2 Å². The second-order valence-corrected chi connectivity index (χ2v) is 9.90. The Balaban J connectivity index is 1.48. The molecule has 0 saturated carbocycles. The molecule has 7 nitrogen and oxygen atoms in total. The van der Waals surface area contributed by atoms with Gasteiger partial charge in [0.15, 0.2) is 11.6 Å². The minimum Gasteiger partial charge on any atom is -0.482 e. The lowest BCUT2D eigenvalue weighted by Crippen LogP contribution is -2.38. The summed E-state index contributed by atoms with van der Waals surface area (Å²) in [6.07, 6.45) is 8.03. The summed E-state index contributed by atoms with van der Waals surface area (Å²) < 4.78 is 21.9. The third-order valence-corrected chi connectivity index (χ3v) is 6.88. The van der Waals surface area contributed by atoms with Crippen LogP contribution in [0.5, 0.6) is 5.75 Å². The van der Waals surface area contributed by atoms with E-state index in [1.165, 1.54) is 12.1 Å². The van der Waals surface area contributed by atoms with Gasteiger partial charge in [-0.05, 0) is 51.8 Å². The molecule has 0 bridgehead atoms. The summed E-state index contributed by atoms with van der Waals surface area (Å²) in [5.41, 5.74) is 9.01. The number of hydrogen-bond donors (Lipinski definition) is 1. The Morgan fingerprint density at radius 1 is 1.22 bits per heavy atom. The number of aromatic nitrogens is 3. The number of benzene rings is 1. The van der Waals surface area contributed by atoms with Gasteiger partial charge in [-0.1, -0.05) is 28.8 Å². The van der Waals surface area contributed by atoms with Crippen molar-refractivity contribution < 1.29 is 13.9 Å². The normalized spacial score (nSPS) is 15.0. The molecule has 1 saturated heterocycles. The first-order valence-electron chi connectivity index (χ1n) is 11.7. The molecule has 10 heteroatoms. The molecule has 4 rings (SSSR count). The van der Waals surface area contributed by atoms with Crippen LogP contribution < -0.4 is 10.5 Å². The monoisotopic (exact) mass is 531 g/mol. The summed E-state index contributed by atoms with van der Waals surface area (Å²) in [6.45, 7) is 6.93. The predicted molar refractivity (Wildman–Crippen MR) is 140 cm³/mol. The number of allylic oxidation sites excluding steroid dienone is 1. The first kappa shape index (κ1) is 26.0. The molecule has 1 fully saturated rings. The van der Waals surface area contributed by atoms with Gasteiger partial charge in [-0.25, -0.2) is 9.37 Å². The van der Waals surface area contributed by atoms with Crippen LogP contribution >= 0.6 is 23.2 Å². The molecule has 2 N–H and O–H groups in total. The molecular weight excluding hydrogens is 504 g/mol. The molecule has 36 heavy (non-hydrogen) atoms. The number of hydrogen-bond acceptors (Lipinski definition) is 5. The zero-order valence-corrected chi connectivity index (χ0v) is 21.9. The Labute approximate surface area is 219 Å². The van der Waals surface area contributed by atoms with Gasteiger partial charge in [0, 0.05) is 53.3 Å². The van der Waals surface area contributed by atoms with Gasteiger partial charge in [0.25, 0.3) is 0 Å². The summed E-state index contributed by atoms with van der Waals surface area (Å²) >= 11 is 12.4. The maximum Gasteiger partial charge on any atom is 0.246 e. The van der Waals surface area contributed by atoms with Crippen molar-refractivity contribution in [2.24, 2.45) is 0 Å². The van der Waals surface area contributed by atoms with Crippen molar-refractivity contribution in [2.75, 3.05) is 18.8 Å². The number of nitrogens with two attached hydrogens (primary N) is 1. The number of pyridine rings is 1. The maximum atomic E-state index is 14.0. The average molecular weight is 532 g/mol. The Kier molecular flexibility index (Phi) is 7.85. The predicted octanol–water partition coefficient (Wildman–Crippen LogP) is 6.24. The Morgan fingerprint density at radius 3 is 2.64 bits per heavy atom. The third kappa shape index (κ3) is 5.65. The number of amides is 1. The summed E-state index contributed by atoms with van der Waals surface area (Å²) in [5.74, 6) is 0.00123. The van der Waals surface area contributed by atoms with Crippen LogP contribution in [0.1, 0.15) is 51.3 Å². The fourth-order valence-electron chi connectivity index (χ4n) is 4.25. The fraction of sp³-hybridized carbons (Fsp3) is 0.346. The highest BCUT2D eigenvalue weighted by atomic mass is 35.5. The lowest BCUT2D eigenvalue weighted by molar-refractivity contribution is -0.127. The first-order chi connectivity index (χ1) is 17.1. The number of rotatable bonds is 6. The highest BCUT2D eigenvalue weighted by Gasteiger charge is 2.24. The molecule has 3 heterocycles. The maximum absolute atomic E-state index is 14.0. The molecule has 1 atom stereocenters. The number of piperidine rings is 1. The van der Waals surface area contributed by atoms with Crippen LogP contribution in [-0.2, 0) is 4.79 Å². The smallest absolute Gasteiger partial charge is 0.246 e. The summed E-state index contributed by atoms with van der Waals surface area (Å²) in [6, 6.07) is 4.61. The molecule has 0 aliphatic carbocycles. The molecule has 1 unspecified atom stereocenters. The zero-order chi connectivity index (χ0) is 26.0. The van der Waals surface area contributed by atoms with Crippen molar-refractivity contribution >= 4 is 34.9 Å².